The smallest absolute Gasteiger partial charge is 0.0123 e. The van der Waals surface area contributed by atoms with Crippen molar-refractivity contribution in [2.45, 2.75) is 27.7 Å². The summed E-state index contributed by atoms with van der Waals surface area (Å²) in [4.78, 5) is 0. The maximum Gasteiger partial charge on any atom is -0.0123 e. The molecule has 0 N–H and O–H groups in total. The molecule has 0 aromatic carbocycles. The van der Waals surface area contributed by atoms with Crippen molar-refractivity contribution in [2.24, 2.45) is 0 Å². The lowest BCUT2D eigenvalue weighted by Crippen LogP contribution is -1.79. The predicted octanol–water partition coefficient (Wildman–Crippen LogP) is 4.03. The molecule has 0 heterocycles. The normalized spacial score (nSPS) is 10.9. The number of hydrogen-bond acceptors (Lipinski definition) is 0. The van der Waals surface area contributed by atoms with Crippen LogP contribution in [0.5, 0.6) is 0 Å². The van der Waals surface area contributed by atoms with Gasteiger partial charge in [0.15, 0.2) is 0 Å². The highest BCUT2D eigenvalue weighted by atomic mass is 14.5. The highest BCUT2D eigenvalue weighted by Gasteiger charge is 2.10. The zero-order valence-electron chi connectivity index (χ0n) is 9.31. The molecule has 0 atom stereocenters. The SMILES string of the molecule is Cc1cc(C)c2[13cH]cc(C)[13c]-2c(C)c1. The minimum Gasteiger partial charge on any atom is -0.0581 e. The third-order valence-corrected chi connectivity index (χ3v) is 2.87. The molecule has 0 amide bonds. The number of rotatable bonds is 0. The van der Waals surface area contributed by atoms with Gasteiger partial charge in [-0.15, -0.1) is 0 Å². The summed E-state index contributed by atoms with van der Waals surface area (Å²) < 4.78 is 0. The molecule has 0 heteroatoms. The van der Waals surface area contributed by atoms with Gasteiger partial charge in [-0.1, -0.05) is 29.8 Å². The zero-order chi connectivity index (χ0) is 10.3. The van der Waals surface area contributed by atoms with Crippen LogP contribution in [0, 0.1) is 27.7 Å². The minimum absolute atomic E-state index is 1.34. The molecule has 0 aromatic heterocycles. The van der Waals surface area contributed by atoms with Gasteiger partial charge in [-0.05, 0) is 55.5 Å². The molecule has 0 aromatic rings. The van der Waals surface area contributed by atoms with Gasteiger partial charge in [0.2, 0.25) is 0 Å². The Hall–Kier alpha value is -1.30. The maximum atomic E-state index is 2.27. The summed E-state index contributed by atoms with van der Waals surface area (Å²) in [6, 6.07) is 8.96. The largest absolute Gasteiger partial charge is 0.0581 e. The van der Waals surface area contributed by atoms with Crippen molar-refractivity contribution >= 4 is 0 Å². The fourth-order valence-electron chi connectivity index (χ4n) is 2.31. The lowest BCUT2D eigenvalue weighted by Gasteiger charge is -2.01. The van der Waals surface area contributed by atoms with Crippen LogP contribution in [0.4, 0.5) is 0 Å². The maximum absolute atomic E-state index is 2.27. The molecule has 2 aliphatic rings. The van der Waals surface area contributed by atoms with E-state index in [1.807, 2.05) is 0 Å². The summed E-state index contributed by atoms with van der Waals surface area (Å²) in [6.45, 7) is 8.73. The molecule has 72 valence electrons. The Kier molecular flexibility index (Phi) is 2.07. The van der Waals surface area contributed by atoms with E-state index < -0.39 is 0 Å². The molecule has 0 spiro atoms. The summed E-state index contributed by atoms with van der Waals surface area (Å²) in [5, 5.41) is 0. The van der Waals surface area contributed by atoms with E-state index in [2.05, 4.69) is 52.0 Å². The Morgan fingerprint density at radius 1 is 0.714 bits per heavy atom. The number of fused-ring (bicyclic) bond motifs is 1. The summed E-state index contributed by atoms with van der Waals surface area (Å²) in [6.07, 6.45) is 0. The quantitative estimate of drug-likeness (QED) is 0.582. The van der Waals surface area contributed by atoms with Gasteiger partial charge in [-0.2, -0.15) is 0 Å². The van der Waals surface area contributed by atoms with Crippen molar-refractivity contribution in [1.82, 2.24) is 0 Å². The highest BCUT2D eigenvalue weighted by molar-refractivity contribution is 5.76. The molecule has 0 radical (unpaired) electrons. The van der Waals surface area contributed by atoms with Gasteiger partial charge in [-0.25, -0.2) is 0 Å². The topological polar surface area (TPSA) is 0 Å². The van der Waals surface area contributed by atoms with Crippen molar-refractivity contribution in [3.05, 3.63) is 46.5 Å². The van der Waals surface area contributed by atoms with Gasteiger partial charge in [-0.3, -0.25) is 0 Å². The van der Waals surface area contributed by atoms with Crippen LogP contribution >= 0.6 is 0 Å². The molecule has 0 saturated heterocycles. The highest BCUT2D eigenvalue weighted by Crippen LogP contribution is 2.32. The van der Waals surface area contributed by atoms with Gasteiger partial charge in [0, 0.05) is 0 Å². The van der Waals surface area contributed by atoms with Crippen LogP contribution in [0.1, 0.15) is 22.3 Å². The first-order valence-corrected chi connectivity index (χ1v) is 5.07. The molecule has 0 saturated carbocycles. The molecular weight excluding hydrogens is 170 g/mol. The van der Waals surface area contributed by atoms with E-state index in [9.17, 15) is 0 Å². The van der Waals surface area contributed by atoms with Crippen molar-refractivity contribution in [3.8, 4) is 11.1 Å². The van der Waals surface area contributed by atoms with Gasteiger partial charge in [0.25, 0.3) is 0 Å². The van der Waals surface area contributed by atoms with E-state index in [-0.39, 0.29) is 0 Å². The first-order valence-electron chi connectivity index (χ1n) is 5.07. The third kappa shape index (κ3) is 1.31. The average Bonchev–Trinajstić information content (AvgIpc) is 2.41. The summed E-state index contributed by atoms with van der Waals surface area (Å²) in [5.41, 5.74) is 8.31. The summed E-state index contributed by atoms with van der Waals surface area (Å²) in [7, 11) is 0. The molecule has 2 rings (SSSR count). The zero-order valence-corrected chi connectivity index (χ0v) is 9.31. The fraction of sp³-hybridized carbons (Fsp3) is 0.286. The second kappa shape index (κ2) is 3.13. The Bertz CT molecular complexity index is 452. The second-order valence-electron chi connectivity index (χ2n) is 4.20. The fourth-order valence-corrected chi connectivity index (χ4v) is 2.31. The van der Waals surface area contributed by atoms with Crippen molar-refractivity contribution in [2.75, 3.05) is 0 Å². The van der Waals surface area contributed by atoms with Crippen molar-refractivity contribution in [1.29, 1.82) is 0 Å². The van der Waals surface area contributed by atoms with Crippen LogP contribution in [0.25, 0.3) is 11.1 Å². The van der Waals surface area contributed by atoms with E-state index in [1.165, 1.54) is 33.4 Å². The lowest BCUT2D eigenvalue weighted by atomic mass is 10.2. The van der Waals surface area contributed by atoms with Gasteiger partial charge in [0.05, 0.1) is 0 Å². The van der Waals surface area contributed by atoms with Gasteiger partial charge >= 0.3 is 0 Å². The molecule has 2 aliphatic carbocycles. The third-order valence-electron chi connectivity index (χ3n) is 2.87. The van der Waals surface area contributed by atoms with Crippen LogP contribution in [-0.2, 0) is 0 Å². The average molecular weight is 186 g/mol. The van der Waals surface area contributed by atoms with E-state index in [0.717, 1.165) is 0 Å². The van der Waals surface area contributed by atoms with Crippen LogP contribution in [0.3, 0.4) is 0 Å². The van der Waals surface area contributed by atoms with Crippen LogP contribution in [-0.4, -0.2) is 0 Å². The predicted molar refractivity (Wildman–Crippen MR) is 62.0 cm³/mol. The van der Waals surface area contributed by atoms with E-state index in [1.54, 1.807) is 0 Å². The monoisotopic (exact) mass is 186 g/mol. The Morgan fingerprint density at radius 3 is 2.07 bits per heavy atom. The Morgan fingerprint density at radius 2 is 1.36 bits per heavy atom. The van der Waals surface area contributed by atoms with E-state index >= 15 is 0 Å². The van der Waals surface area contributed by atoms with Gasteiger partial charge in [0.1, 0.15) is 0 Å². The Labute approximate surface area is 85.9 Å². The summed E-state index contributed by atoms with van der Waals surface area (Å²) in [5.74, 6) is 0. The van der Waals surface area contributed by atoms with Crippen LogP contribution in [0.2, 0.25) is 0 Å². The lowest BCUT2D eigenvalue weighted by molar-refractivity contribution is 1.41. The van der Waals surface area contributed by atoms with Crippen LogP contribution in [0.15, 0.2) is 24.3 Å². The Balaban J connectivity index is 2.88. The minimum atomic E-state index is 1.34. The number of aryl methyl sites for hydroxylation is 4. The number of hydrogen-bond donors (Lipinski definition) is 0. The molecule has 0 aliphatic heterocycles. The second-order valence-corrected chi connectivity index (χ2v) is 4.20. The molecule has 0 nitrogen and oxygen atoms in total. The van der Waals surface area contributed by atoms with Gasteiger partial charge < -0.3 is 0 Å². The first kappa shape index (κ1) is 9.26. The molecule has 14 heavy (non-hydrogen) atoms. The first-order chi connectivity index (χ1) is 6.59. The van der Waals surface area contributed by atoms with Crippen molar-refractivity contribution in [3.63, 3.8) is 0 Å². The van der Waals surface area contributed by atoms with Crippen molar-refractivity contribution < 1.29 is 0 Å². The molecular formula is C14H16. The molecule has 0 bridgehead atoms. The summed E-state index contributed by atoms with van der Waals surface area (Å²) >= 11 is 0. The van der Waals surface area contributed by atoms with E-state index in [0.29, 0.717) is 0 Å². The molecule has 0 fully saturated rings. The van der Waals surface area contributed by atoms with Crippen LogP contribution < -0.4 is 0 Å². The standard InChI is InChI=1S/C14H16/c1-9-7-11(3)13-6-5-10(2)14(13)12(4)8-9/h5-8H,1-4H3/i6+1,14+1. The van der Waals surface area contributed by atoms with E-state index in [4.69, 9.17) is 0 Å². The molecule has 0 unspecified atom stereocenters.